The molecule has 6 heteroatoms. The second kappa shape index (κ2) is 3.20. The van der Waals surface area contributed by atoms with Gasteiger partial charge in [-0.3, -0.25) is 0 Å². The average Bonchev–Trinajstić information content (AvgIpc) is 2.12. The Kier molecular flexibility index (Phi) is 2.17. The first-order valence-electron chi connectivity index (χ1n) is 3.87. The Bertz CT molecular complexity index is 342. The van der Waals surface area contributed by atoms with Crippen LogP contribution in [0.3, 0.4) is 0 Å². The maximum Gasteiger partial charge on any atom is 0.177 e. The third kappa shape index (κ3) is 1.40. The lowest BCUT2D eigenvalue weighted by atomic mass is 10.3. The van der Waals surface area contributed by atoms with Gasteiger partial charge in [0, 0.05) is 20.1 Å². The molecule has 0 saturated carbocycles. The number of fused-ring (bicyclic) bond motifs is 1. The summed E-state index contributed by atoms with van der Waals surface area (Å²) < 4.78 is 0. The number of nitrogens with zero attached hydrogens (tertiary/aromatic N) is 3. The Morgan fingerprint density at radius 1 is 1.31 bits per heavy atom. The highest BCUT2D eigenvalue weighted by molar-refractivity contribution is 6.36. The van der Waals surface area contributed by atoms with E-state index in [1.165, 1.54) is 0 Å². The minimum atomic E-state index is 0.367. The van der Waals surface area contributed by atoms with Crippen LogP contribution in [0.5, 0.6) is 0 Å². The van der Waals surface area contributed by atoms with Crippen molar-refractivity contribution in [1.82, 2.24) is 10.2 Å². The van der Waals surface area contributed by atoms with Crippen molar-refractivity contribution in [3.8, 4) is 0 Å². The number of aromatic nitrogens is 2. The Balaban J connectivity index is 2.60. The summed E-state index contributed by atoms with van der Waals surface area (Å²) in [5.74, 6) is 0. The molecular formula is C7H8Cl2N4. The van der Waals surface area contributed by atoms with Crippen molar-refractivity contribution in [3.05, 3.63) is 10.3 Å². The summed E-state index contributed by atoms with van der Waals surface area (Å²) in [5, 5.41) is 11.4. The normalized spacial score (nSPS) is 15.2. The van der Waals surface area contributed by atoms with E-state index in [0.717, 1.165) is 24.5 Å². The fourth-order valence-corrected chi connectivity index (χ4v) is 1.82. The van der Waals surface area contributed by atoms with Gasteiger partial charge in [-0.15, -0.1) is 10.2 Å². The smallest absolute Gasteiger partial charge is 0.177 e. The molecule has 0 spiro atoms. The van der Waals surface area contributed by atoms with Gasteiger partial charge in [-0.2, -0.15) is 0 Å². The van der Waals surface area contributed by atoms with Crippen LogP contribution in [0.2, 0.25) is 10.3 Å². The molecule has 0 fully saturated rings. The van der Waals surface area contributed by atoms with E-state index < -0.39 is 0 Å². The quantitative estimate of drug-likeness (QED) is 0.720. The maximum absolute atomic E-state index is 5.90. The summed E-state index contributed by atoms with van der Waals surface area (Å²) in [6.45, 7) is 1.72. The predicted molar refractivity (Wildman–Crippen MR) is 53.8 cm³/mol. The summed E-state index contributed by atoms with van der Waals surface area (Å²) in [6, 6.07) is 0. The first-order chi connectivity index (χ1) is 6.20. The van der Waals surface area contributed by atoms with E-state index in [4.69, 9.17) is 23.2 Å². The van der Waals surface area contributed by atoms with Gasteiger partial charge >= 0.3 is 0 Å². The van der Waals surface area contributed by atoms with Gasteiger partial charge in [-0.1, -0.05) is 23.2 Å². The van der Waals surface area contributed by atoms with E-state index in [0.29, 0.717) is 10.3 Å². The Morgan fingerprint density at radius 3 is 2.69 bits per heavy atom. The molecule has 1 N–H and O–H groups in total. The molecule has 70 valence electrons. The van der Waals surface area contributed by atoms with E-state index in [-0.39, 0.29) is 0 Å². The van der Waals surface area contributed by atoms with Crippen LogP contribution in [0.4, 0.5) is 11.4 Å². The molecule has 13 heavy (non-hydrogen) atoms. The number of hydrogen-bond acceptors (Lipinski definition) is 4. The fraction of sp³-hybridized carbons (Fsp3) is 0.429. The first-order valence-corrected chi connectivity index (χ1v) is 4.62. The van der Waals surface area contributed by atoms with Gasteiger partial charge in [0.15, 0.2) is 10.3 Å². The zero-order chi connectivity index (χ0) is 9.42. The zero-order valence-electron chi connectivity index (χ0n) is 7.01. The van der Waals surface area contributed by atoms with Crippen LogP contribution in [-0.4, -0.2) is 30.3 Å². The molecule has 1 aliphatic rings. The molecule has 0 aliphatic carbocycles. The van der Waals surface area contributed by atoms with Gasteiger partial charge in [-0.25, -0.2) is 0 Å². The second-order valence-corrected chi connectivity index (χ2v) is 3.57. The third-order valence-corrected chi connectivity index (χ3v) is 2.51. The molecule has 0 unspecified atom stereocenters. The van der Waals surface area contributed by atoms with Crippen LogP contribution in [0.25, 0.3) is 0 Å². The lowest BCUT2D eigenvalue weighted by molar-refractivity contribution is 0.866. The Morgan fingerprint density at radius 2 is 2.00 bits per heavy atom. The van der Waals surface area contributed by atoms with Crippen LogP contribution < -0.4 is 10.2 Å². The molecule has 0 radical (unpaired) electrons. The van der Waals surface area contributed by atoms with E-state index in [2.05, 4.69) is 15.5 Å². The summed E-state index contributed by atoms with van der Waals surface area (Å²) in [7, 11) is 1.95. The van der Waals surface area contributed by atoms with Crippen molar-refractivity contribution in [1.29, 1.82) is 0 Å². The first kappa shape index (κ1) is 8.84. The SMILES string of the molecule is CN1CCNc2c(Cl)nnc(Cl)c21. The number of hydrogen-bond donors (Lipinski definition) is 1. The molecular weight excluding hydrogens is 211 g/mol. The number of halogens is 2. The van der Waals surface area contributed by atoms with Gasteiger partial charge in [0.05, 0.1) is 0 Å². The topological polar surface area (TPSA) is 41.0 Å². The van der Waals surface area contributed by atoms with Crippen LogP contribution in [-0.2, 0) is 0 Å². The van der Waals surface area contributed by atoms with Crippen molar-refractivity contribution in [3.63, 3.8) is 0 Å². The van der Waals surface area contributed by atoms with Crippen molar-refractivity contribution in [2.24, 2.45) is 0 Å². The van der Waals surface area contributed by atoms with E-state index in [1.807, 2.05) is 11.9 Å². The highest BCUT2D eigenvalue weighted by Gasteiger charge is 2.20. The molecule has 2 heterocycles. The third-order valence-electron chi connectivity index (χ3n) is 1.99. The Hall–Kier alpha value is -0.740. The monoisotopic (exact) mass is 218 g/mol. The number of rotatable bonds is 0. The molecule has 1 aliphatic heterocycles. The van der Waals surface area contributed by atoms with Crippen LogP contribution in [0, 0.1) is 0 Å². The lowest BCUT2D eigenvalue weighted by Gasteiger charge is -2.28. The van der Waals surface area contributed by atoms with Gasteiger partial charge in [0.1, 0.15) is 11.4 Å². The molecule has 4 nitrogen and oxygen atoms in total. The lowest BCUT2D eigenvalue weighted by Crippen LogP contribution is -2.31. The number of anilines is 2. The molecule has 0 bridgehead atoms. The fourth-order valence-electron chi connectivity index (χ4n) is 1.35. The van der Waals surface area contributed by atoms with Crippen LogP contribution >= 0.6 is 23.2 Å². The summed E-state index contributed by atoms with van der Waals surface area (Å²) >= 11 is 11.8. The van der Waals surface area contributed by atoms with E-state index >= 15 is 0 Å². The molecule has 0 amide bonds. The zero-order valence-corrected chi connectivity index (χ0v) is 8.52. The van der Waals surface area contributed by atoms with Crippen molar-refractivity contribution >= 4 is 34.6 Å². The molecule has 1 aromatic heterocycles. The van der Waals surface area contributed by atoms with Gasteiger partial charge in [-0.05, 0) is 0 Å². The molecule has 0 aromatic carbocycles. The largest absolute Gasteiger partial charge is 0.379 e. The second-order valence-electron chi connectivity index (χ2n) is 2.85. The maximum atomic E-state index is 5.90. The van der Waals surface area contributed by atoms with Crippen molar-refractivity contribution < 1.29 is 0 Å². The van der Waals surface area contributed by atoms with Gasteiger partial charge in [0.25, 0.3) is 0 Å². The molecule has 2 rings (SSSR count). The van der Waals surface area contributed by atoms with Gasteiger partial charge in [0.2, 0.25) is 0 Å². The van der Waals surface area contributed by atoms with Crippen LogP contribution in [0.15, 0.2) is 0 Å². The minimum absolute atomic E-state index is 0.367. The molecule has 0 atom stereocenters. The van der Waals surface area contributed by atoms with Gasteiger partial charge < -0.3 is 10.2 Å². The van der Waals surface area contributed by atoms with Crippen molar-refractivity contribution in [2.45, 2.75) is 0 Å². The highest BCUT2D eigenvalue weighted by atomic mass is 35.5. The van der Waals surface area contributed by atoms with E-state index in [9.17, 15) is 0 Å². The summed E-state index contributed by atoms with van der Waals surface area (Å²) in [4.78, 5) is 2.01. The summed E-state index contributed by atoms with van der Waals surface area (Å²) in [5.41, 5.74) is 1.60. The van der Waals surface area contributed by atoms with Crippen molar-refractivity contribution in [2.75, 3.05) is 30.4 Å². The predicted octanol–water partition coefficient (Wildman–Crippen LogP) is 1.65. The standard InChI is InChI=1S/C7H8Cl2N4/c1-13-3-2-10-4-5(13)7(9)12-11-6(4)8/h10H,2-3H2,1H3. The average molecular weight is 219 g/mol. The Labute approximate surface area is 85.8 Å². The minimum Gasteiger partial charge on any atom is -0.379 e. The molecule has 1 aromatic rings. The van der Waals surface area contributed by atoms with Crippen LogP contribution in [0.1, 0.15) is 0 Å². The summed E-state index contributed by atoms with van der Waals surface area (Å²) in [6.07, 6.45) is 0. The number of likely N-dealkylation sites (N-methyl/N-ethyl adjacent to an activating group) is 1. The number of nitrogens with one attached hydrogen (secondary N) is 1. The molecule has 0 saturated heterocycles. The highest BCUT2D eigenvalue weighted by Crippen LogP contribution is 2.37. The van der Waals surface area contributed by atoms with E-state index in [1.54, 1.807) is 0 Å².